The molecule has 0 bridgehead atoms. The Balaban J connectivity index is -0.000000610. The molecule has 0 amide bonds. The number of allylic oxidation sites excluding steroid dienone is 2. The Labute approximate surface area is 176 Å². The SMILES string of the molecule is C/C=C/[C-]=O.CN(C)c1ccc([PH+](C(C)(C)C)C(C)(C)C)cc1.[Cl-].[Pd+2]. The van der Waals surface area contributed by atoms with Gasteiger partial charge in [0.15, 0.2) is 0 Å². The standard InChI is InChI=1S/C16H28NP.C4H5O.ClH.Pd/c1-15(2,3)18(16(4,5)6)14-11-9-13(10-12-14)17(7)8;1-2-3-4-5;;/h9-12H,1-8H3;2-3H,1H3;1H;/q;-1;;+2/b;3-2+;;. The average Bonchev–Trinajstić information content (AvgIpc) is 2.37. The van der Waals surface area contributed by atoms with Crippen LogP contribution < -0.4 is 22.6 Å². The number of anilines is 1. The predicted octanol–water partition coefficient (Wildman–Crippen LogP) is 1.86. The van der Waals surface area contributed by atoms with E-state index in [0.29, 0.717) is 10.3 Å². The molecular formula is C20H34ClNOPPd+. The van der Waals surface area contributed by atoms with E-state index < -0.39 is 7.92 Å². The van der Waals surface area contributed by atoms with Gasteiger partial charge in [-0.05, 0) is 72.1 Å². The molecular weight excluding hydrogens is 443 g/mol. The number of carbonyl (C=O) groups excluding carboxylic acids is 1. The van der Waals surface area contributed by atoms with Crippen molar-refractivity contribution in [3.8, 4) is 0 Å². The third kappa shape index (κ3) is 11.2. The predicted molar refractivity (Wildman–Crippen MR) is 109 cm³/mol. The molecule has 0 saturated carbocycles. The van der Waals surface area contributed by atoms with Crippen molar-refractivity contribution in [1.29, 1.82) is 0 Å². The second-order valence-corrected chi connectivity index (χ2v) is 12.3. The number of nitrogens with zero attached hydrogens (tertiary/aromatic N) is 1. The van der Waals surface area contributed by atoms with Crippen LogP contribution in [-0.2, 0) is 25.2 Å². The van der Waals surface area contributed by atoms with Crippen LogP contribution >= 0.6 is 7.92 Å². The summed E-state index contributed by atoms with van der Waals surface area (Å²) < 4.78 is 0. The smallest absolute Gasteiger partial charge is 1.00 e. The third-order valence-corrected chi connectivity index (χ3v) is 7.32. The van der Waals surface area contributed by atoms with E-state index >= 15 is 0 Å². The molecule has 0 fully saturated rings. The van der Waals surface area contributed by atoms with Crippen molar-refractivity contribution in [2.24, 2.45) is 0 Å². The fraction of sp³-hybridized carbons (Fsp3) is 0.550. The van der Waals surface area contributed by atoms with Crippen molar-refractivity contribution in [2.75, 3.05) is 19.0 Å². The first-order valence-corrected chi connectivity index (χ1v) is 9.59. The van der Waals surface area contributed by atoms with Gasteiger partial charge in [-0.2, -0.15) is 6.08 Å². The normalized spacial score (nSPS) is 11.1. The average molecular weight is 477 g/mol. The van der Waals surface area contributed by atoms with Crippen LogP contribution in [0.15, 0.2) is 36.4 Å². The van der Waals surface area contributed by atoms with Crippen LogP contribution in [-0.4, -0.2) is 30.7 Å². The Hall–Kier alpha value is -0.188. The van der Waals surface area contributed by atoms with E-state index in [-0.39, 0.29) is 32.8 Å². The van der Waals surface area contributed by atoms with Gasteiger partial charge in [-0.1, -0.05) is 0 Å². The zero-order valence-corrected chi connectivity index (χ0v) is 20.3. The molecule has 0 radical (unpaired) electrons. The van der Waals surface area contributed by atoms with Gasteiger partial charge in [0.1, 0.15) is 0 Å². The van der Waals surface area contributed by atoms with Gasteiger partial charge in [-0.15, -0.1) is 6.92 Å². The van der Waals surface area contributed by atoms with Gasteiger partial charge >= 0.3 is 20.4 Å². The van der Waals surface area contributed by atoms with Crippen LogP contribution in [0.1, 0.15) is 48.5 Å². The number of benzene rings is 1. The maximum Gasteiger partial charge on any atom is 2.00 e. The van der Waals surface area contributed by atoms with Crippen LogP contribution in [0.5, 0.6) is 0 Å². The van der Waals surface area contributed by atoms with E-state index in [1.165, 1.54) is 11.8 Å². The topological polar surface area (TPSA) is 20.3 Å². The van der Waals surface area contributed by atoms with Crippen molar-refractivity contribution in [1.82, 2.24) is 0 Å². The maximum absolute atomic E-state index is 9.19. The molecule has 0 atom stereocenters. The molecule has 2 nitrogen and oxygen atoms in total. The van der Waals surface area contributed by atoms with Crippen molar-refractivity contribution < 1.29 is 37.6 Å². The summed E-state index contributed by atoms with van der Waals surface area (Å²) >= 11 is 0. The summed E-state index contributed by atoms with van der Waals surface area (Å²) in [6.45, 7) is 16.1. The van der Waals surface area contributed by atoms with E-state index in [4.69, 9.17) is 0 Å². The van der Waals surface area contributed by atoms with Crippen LogP contribution in [0.25, 0.3) is 0 Å². The molecule has 0 aromatic heterocycles. The molecule has 0 spiro atoms. The molecule has 0 heterocycles. The molecule has 0 saturated heterocycles. The second-order valence-electron chi connectivity index (χ2n) is 7.93. The molecule has 0 aliphatic rings. The Morgan fingerprint density at radius 3 is 1.56 bits per heavy atom. The number of rotatable bonds is 3. The van der Waals surface area contributed by atoms with E-state index in [1.807, 2.05) is 0 Å². The van der Waals surface area contributed by atoms with Crippen LogP contribution in [0.2, 0.25) is 0 Å². The first-order valence-electron chi connectivity index (χ1n) is 8.09. The van der Waals surface area contributed by atoms with Gasteiger partial charge in [0.25, 0.3) is 0 Å². The zero-order chi connectivity index (χ0) is 18.3. The monoisotopic (exact) mass is 476 g/mol. The Morgan fingerprint density at radius 2 is 1.36 bits per heavy atom. The minimum Gasteiger partial charge on any atom is -1.00 e. The molecule has 1 rings (SSSR count). The minimum atomic E-state index is -0.614. The summed E-state index contributed by atoms with van der Waals surface area (Å²) in [5.41, 5.74) is 1.28. The van der Waals surface area contributed by atoms with E-state index in [2.05, 4.69) is 84.8 Å². The van der Waals surface area contributed by atoms with Crippen molar-refractivity contribution in [3.63, 3.8) is 0 Å². The summed E-state index contributed by atoms with van der Waals surface area (Å²) in [5, 5.41) is 2.30. The number of hydrogen-bond acceptors (Lipinski definition) is 2. The van der Waals surface area contributed by atoms with E-state index in [0.717, 1.165) is 0 Å². The largest absolute Gasteiger partial charge is 2.00 e. The molecule has 146 valence electrons. The first-order chi connectivity index (χ1) is 10.4. The molecule has 1 aromatic carbocycles. The van der Waals surface area contributed by atoms with E-state index in [1.54, 1.807) is 24.6 Å². The second kappa shape index (κ2) is 13.1. The number of halogens is 1. The van der Waals surface area contributed by atoms with Crippen LogP contribution in [0.4, 0.5) is 5.69 Å². The number of hydrogen-bond donors (Lipinski definition) is 0. The van der Waals surface area contributed by atoms with Gasteiger partial charge in [-0.3, -0.25) is 0 Å². The summed E-state index contributed by atoms with van der Waals surface area (Å²) in [7, 11) is 3.57. The fourth-order valence-electron chi connectivity index (χ4n) is 2.99. The maximum atomic E-state index is 9.19. The molecule has 25 heavy (non-hydrogen) atoms. The van der Waals surface area contributed by atoms with Gasteiger partial charge < -0.3 is 22.1 Å². The van der Waals surface area contributed by atoms with Gasteiger partial charge in [0, 0.05) is 27.7 Å². The molecule has 0 aliphatic heterocycles. The Kier molecular flexibility index (Phi) is 15.4. The molecule has 0 unspecified atom stereocenters. The summed E-state index contributed by atoms with van der Waals surface area (Å²) in [4.78, 5) is 11.4. The van der Waals surface area contributed by atoms with Crippen LogP contribution in [0, 0.1) is 0 Å². The van der Waals surface area contributed by atoms with E-state index in [9.17, 15) is 4.79 Å². The van der Waals surface area contributed by atoms with Gasteiger partial charge in [-0.25, -0.2) is 6.08 Å². The third-order valence-electron chi connectivity index (χ3n) is 3.41. The van der Waals surface area contributed by atoms with Gasteiger partial charge in [0.05, 0.1) is 15.6 Å². The Bertz CT molecular complexity index is 488. The first kappa shape index (κ1) is 29.6. The summed E-state index contributed by atoms with van der Waals surface area (Å²) in [6, 6.07) is 9.16. The van der Waals surface area contributed by atoms with Crippen molar-refractivity contribution in [2.45, 2.75) is 58.8 Å². The molecule has 5 heteroatoms. The minimum absolute atomic E-state index is 0. The van der Waals surface area contributed by atoms with Crippen LogP contribution in [0.3, 0.4) is 0 Å². The summed E-state index contributed by atoms with van der Waals surface area (Å²) in [5.74, 6) is 0. The van der Waals surface area contributed by atoms with Crippen molar-refractivity contribution >= 4 is 25.2 Å². The molecule has 0 N–H and O–H groups in total. The fourth-order valence-corrected chi connectivity index (χ4v) is 7.47. The Morgan fingerprint density at radius 1 is 0.960 bits per heavy atom. The zero-order valence-electron chi connectivity index (χ0n) is 17.0. The van der Waals surface area contributed by atoms with Crippen molar-refractivity contribution in [3.05, 3.63) is 36.4 Å². The molecule has 0 aliphatic carbocycles. The quantitative estimate of drug-likeness (QED) is 0.287. The summed E-state index contributed by atoms with van der Waals surface area (Å²) in [6.07, 6.45) is 4.54. The van der Waals surface area contributed by atoms with Gasteiger partial charge in [0.2, 0.25) is 0 Å². The molecule has 1 aromatic rings.